The fourth-order valence-electron chi connectivity index (χ4n) is 3.10. The number of carboxylic acids is 1. The number of aromatic carboxylic acids is 1. The van der Waals surface area contributed by atoms with Crippen LogP contribution >= 0.6 is 0 Å². The molecule has 1 amide bonds. The molecule has 2 aromatic carbocycles. The Morgan fingerprint density at radius 2 is 1.66 bits per heavy atom. The zero-order chi connectivity index (χ0) is 21.3. The van der Waals surface area contributed by atoms with Crippen LogP contribution in [-0.2, 0) is 30.0 Å². The van der Waals surface area contributed by atoms with E-state index in [1.54, 1.807) is 38.4 Å². The van der Waals surface area contributed by atoms with Crippen LogP contribution in [0.3, 0.4) is 0 Å². The summed E-state index contributed by atoms with van der Waals surface area (Å²) in [6, 6.07) is 9.68. The lowest BCUT2D eigenvalue weighted by Gasteiger charge is -2.00. The Hall–Kier alpha value is -3.88. The van der Waals surface area contributed by atoms with E-state index in [-0.39, 0.29) is 17.2 Å². The molecule has 1 aromatic heterocycles. The van der Waals surface area contributed by atoms with Crippen LogP contribution in [0.4, 0.5) is 5.69 Å². The van der Waals surface area contributed by atoms with Crippen molar-refractivity contribution >= 4 is 34.6 Å². The van der Waals surface area contributed by atoms with Crippen LogP contribution < -0.4 is 11.0 Å². The van der Waals surface area contributed by atoms with Crippen LogP contribution in [0, 0.1) is 0 Å². The normalized spacial score (nSPS) is 12.0. The number of imidazole rings is 1. The summed E-state index contributed by atoms with van der Waals surface area (Å²) < 4.78 is 7.67. The van der Waals surface area contributed by atoms with E-state index < -0.39 is 11.9 Å². The lowest BCUT2D eigenvalue weighted by Crippen LogP contribution is -2.19. The van der Waals surface area contributed by atoms with Crippen molar-refractivity contribution in [2.75, 3.05) is 12.4 Å². The van der Waals surface area contributed by atoms with E-state index in [1.165, 1.54) is 28.4 Å². The molecule has 0 spiro atoms. The minimum absolute atomic E-state index is 0.0856. The highest BCUT2D eigenvalue weighted by Crippen LogP contribution is 2.23. The highest BCUT2D eigenvalue weighted by molar-refractivity contribution is 6.01. The number of carboxylic acid groups (broad SMARTS) is 1. The number of benzene rings is 2. The van der Waals surface area contributed by atoms with Crippen molar-refractivity contribution in [3.05, 3.63) is 63.6 Å². The molecule has 4 rings (SSSR count). The fraction of sp³-hybridized carbons (Fsp3) is 0.200. The van der Waals surface area contributed by atoms with Gasteiger partial charge in [0.2, 0.25) is 5.91 Å². The number of nitrogens with zero attached hydrogens (tertiary/aromatic N) is 2. The van der Waals surface area contributed by atoms with Crippen molar-refractivity contribution in [3.63, 3.8) is 0 Å². The van der Waals surface area contributed by atoms with Crippen LogP contribution in [0.1, 0.15) is 26.3 Å². The molecule has 0 saturated heterocycles. The summed E-state index contributed by atoms with van der Waals surface area (Å²) in [4.78, 5) is 44.5. The Labute approximate surface area is 165 Å². The Balaban J connectivity index is 0.000000169. The predicted molar refractivity (Wildman–Crippen MR) is 105 cm³/mol. The second-order valence-electron chi connectivity index (χ2n) is 6.50. The molecule has 29 heavy (non-hydrogen) atoms. The molecule has 150 valence electrons. The SMILES string of the molecule is COC(=O)c1ccc2c(c1)n(C)c(=O)n2C.O=C1Cc2ccc(C(=O)O)cc2N1. The van der Waals surface area contributed by atoms with Gasteiger partial charge >= 0.3 is 17.6 Å². The molecule has 0 radical (unpaired) electrons. The van der Waals surface area contributed by atoms with Gasteiger partial charge in [-0.3, -0.25) is 13.9 Å². The zero-order valence-corrected chi connectivity index (χ0v) is 16.1. The van der Waals surface area contributed by atoms with Crippen molar-refractivity contribution in [1.82, 2.24) is 9.13 Å². The van der Waals surface area contributed by atoms with Crippen LogP contribution in [0.25, 0.3) is 11.0 Å². The maximum Gasteiger partial charge on any atom is 0.337 e. The number of hydrogen-bond acceptors (Lipinski definition) is 5. The van der Waals surface area contributed by atoms with Gasteiger partial charge in [0, 0.05) is 19.8 Å². The average molecular weight is 397 g/mol. The first-order chi connectivity index (χ1) is 13.7. The van der Waals surface area contributed by atoms with Gasteiger partial charge in [0.15, 0.2) is 0 Å². The van der Waals surface area contributed by atoms with E-state index in [1.807, 2.05) is 0 Å². The van der Waals surface area contributed by atoms with Crippen LogP contribution in [0.2, 0.25) is 0 Å². The first-order valence-corrected chi connectivity index (χ1v) is 8.62. The number of carbonyl (C=O) groups excluding carboxylic acids is 2. The third-order valence-corrected chi connectivity index (χ3v) is 4.67. The molecule has 0 saturated carbocycles. The topological polar surface area (TPSA) is 120 Å². The number of rotatable bonds is 2. The Bertz CT molecular complexity index is 1200. The molecule has 0 bridgehead atoms. The van der Waals surface area contributed by atoms with Gasteiger partial charge in [0.05, 0.1) is 35.7 Å². The molecule has 1 aliphatic heterocycles. The minimum Gasteiger partial charge on any atom is -0.478 e. The lowest BCUT2D eigenvalue weighted by molar-refractivity contribution is -0.115. The number of aromatic nitrogens is 2. The number of anilines is 1. The van der Waals surface area contributed by atoms with E-state index in [9.17, 15) is 19.2 Å². The summed E-state index contributed by atoms with van der Waals surface area (Å²) in [5.74, 6) is -1.47. The van der Waals surface area contributed by atoms with E-state index in [0.717, 1.165) is 16.6 Å². The summed E-state index contributed by atoms with van der Waals surface area (Å²) in [5, 5.41) is 11.3. The van der Waals surface area contributed by atoms with Crippen molar-refractivity contribution in [2.45, 2.75) is 6.42 Å². The highest BCUT2D eigenvalue weighted by atomic mass is 16.5. The average Bonchev–Trinajstić information content (AvgIpc) is 3.19. The largest absolute Gasteiger partial charge is 0.478 e. The number of hydrogen-bond donors (Lipinski definition) is 2. The smallest absolute Gasteiger partial charge is 0.337 e. The number of carbonyl (C=O) groups is 3. The summed E-state index contributed by atoms with van der Waals surface area (Å²) in [6.45, 7) is 0. The molecule has 0 atom stereocenters. The molecule has 9 heteroatoms. The molecular weight excluding hydrogens is 378 g/mol. The number of amides is 1. The van der Waals surface area contributed by atoms with Gasteiger partial charge in [-0.05, 0) is 35.9 Å². The molecule has 0 aliphatic carbocycles. The number of ether oxygens (including phenoxy) is 1. The minimum atomic E-state index is -0.982. The van der Waals surface area contributed by atoms with Gasteiger partial charge in [-0.1, -0.05) is 6.07 Å². The van der Waals surface area contributed by atoms with Crippen molar-refractivity contribution in [2.24, 2.45) is 14.1 Å². The number of nitrogens with one attached hydrogen (secondary N) is 1. The molecule has 9 nitrogen and oxygen atoms in total. The quantitative estimate of drug-likeness (QED) is 0.633. The molecular formula is C20H19N3O6. The second kappa shape index (κ2) is 7.63. The molecule has 2 N–H and O–H groups in total. The van der Waals surface area contributed by atoms with Gasteiger partial charge in [-0.15, -0.1) is 0 Å². The monoisotopic (exact) mass is 397 g/mol. The first-order valence-electron chi connectivity index (χ1n) is 8.62. The van der Waals surface area contributed by atoms with Gasteiger partial charge in [-0.2, -0.15) is 0 Å². The number of aryl methyl sites for hydroxylation is 2. The van der Waals surface area contributed by atoms with E-state index in [0.29, 0.717) is 17.7 Å². The van der Waals surface area contributed by atoms with E-state index >= 15 is 0 Å². The third kappa shape index (κ3) is 3.75. The standard InChI is InChI=1S/C11H12N2O3.C9H7NO3/c1-12-8-5-4-7(10(14)16-3)6-9(8)13(2)11(12)15;11-8-4-5-1-2-6(9(12)13)3-7(5)10-8/h4-6H,1-3H3;1-3H,4H2,(H,10,11)(H,12,13). The number of esters is 1. The molecule has 2 heterocycles. The summed E-state index contributed by atoms with van der Waals surface area (Å²) in [6.07, 6.45) is 0.342. The van der Waals surface area contributed by atoms with Gasteiger partial charge in [-0.25, -0.2) is 14.4 Å². The summed E-state index contributed by atoms with van der Waals surface area (Å²) in [5.41, 5.74) is 3.50. The van der Waals surface area contributed by atoms with Crippen LogP contribution in [0.15, 0.2) is 41.2 Å². The van der Waals surface area contributed by atoms with Crippen LogP contribution in [-0.4, -0.2) is 39.2 Å². The maximum absolute atomic E-state index is 11.6. The van der Waals surface area contributed by atoms with Crippen molar-refractivity contribution in [1.29, 1.82) is 0 Å². The second-order valence-corrected chi connectivity index (χ2v) is 6.50. The maximum atomic E-state index is 11.6. The van der Waals surface area contributed by atoms with Gasteiger partial charge in [0.1, 0.15) is 0 Å². The summed E-state index contributed by atoms with van der Waals surface area (Å²) in [7, 11) is 4.70. The van der Waals surface area contributed by atoms with Gasteiger partial charge < -0.3 is 15.2 Å². The summed E-state index contributed by atoms with van der Waals surface area (Å²) >= 11 is 0. The van der Waals surface area contributed by atoms with Crippen LogP contribution in [0.5, 0.6) is 0 Å². The first kappa shape index (κ1) is 19.9. The van der Waals surface area contributed by atoms with E-state index in [4.69, 9.17) is 5.11 Å². The Kier molecular flexibility index (Phi) is 5.22. The predicted octanol–water partition coefficient (Wildman–Crippen LogP) is 1.54. The molecule has 0 fully saturated rings. The molecule has 0 unspecified atom stereocenters. The zero-order valence-electron chi connectivity index (χ0n) is 16.1. The fourth-order valence-corrected chi connectivity index (χ4v) is 3.10. The third-order valence-electron chi connectivity index (χ3n) is 4.67. The van der Waals surface area contributed by atoms with E-state index in [2.05, 4.69) is 10.1 Å². The Morgan fingerprint density at radius 3 is 2.31 bits per heavy atom. The van der Waals surface area contributed by atoms with Crippen molar-refractivity contribution < 1.29 is 24.2 Å². The number of fused-ring (bicyclic) bond motifs is 2. The molecule has 1 aliphatic rings. The lowest BCUT2D eigenvalue weighted by atomic mass is 10.1. The highest BCUT2D eigenvalue weighted by Gasteiger charge is 2.18. The van der Waals surface area contributed by atoms with Gasteiger partial charge in [0.25, 0.3) is 0 Å². The Morgan fingerprint density at radius 1 is 1.00 bits per heavy atom. The molecule has 3 aromatic rings. The number of methoxy groups -OCH3 is 1. The van der Waals surface area contributed by atoms with Crippen molar-refractivity contribution in [3.8, 4) is 0 Å².